The lowest BCUT2D eigenvalue weighted by Gasteiger charge is -2.16. The number of furan rings is 1. The van der Waals surface area contributed by atoms with Gasteiger partial charge in [0.05, 0.1) is 11.4 Å². The molecule has 0 bridgehead atoms. The standard InChI is InChI=1S/C18H24N2O4S/c1-13-5-8-17(14(2)11-13)25(22,23)19-10-9-18(21)20(4)12-16-7-6-15(3)24-16/h5-8,11,19H,9-10,12H2,1-4H3. The molecule has 0 saturated carbocycles. The van der Waals surface area contributed by atoms with Gasteiger partial charge < -0.3 is 9.32 Å². The topological polar surface area (TPSA) is 79.6 Å². The third-order valence-corrected chi connectivity index (χ3v) is 5.49. The maximum atomic E-state index is 12.4. The van der Waals surface area contributed by atoms with Crippen LogP contribution in [0.2, 0.25) is 0 Å². The van der Waals surface area contributed by atoms with E-state index in [0.717, 1.165) is 11.3 Å². The number of rotatable bonds is 7. The average molecular weight is 364 g/mol. The molecule has 0 fully saturated rings. The number of aryl methyl sites for hydroxylation is 3. The highest BCUT2D eigenvalue weighted by Gasteiger charge is 2.18. The smallest absolute Gasteiger partial charge is 0.240 e. The molecule has 6 nitrogen and oxygen atoms in total. The van der Waals surface area contributed by atoms with Gasteiger partial charge in [0.1, 0.15) is 11.5 Å². The fourth-order valence-corrected chi connectivity index (χ4v) is 3.81. The highest BCUT2D eigenvalue weighted by Crippen LogP contribution is 2.16. The summed E-state index contributed by atoms with van der Waals surface area (Å²) in [5, 5.41) is 0. The Morgan fingerprint density at radius 3 is 2.48 bits per heavy atom. The average Bonchev–Trinajstić information content (AvgIpc) is 2.91. The van der Waals surface area contributed by atoms with Crippen LogP contribution in [-0.4, -0.2) is 32.8 Å². The van der Waals surface area contributed by atoms with Gasteiger partial charge in [0, 0.05) is 20.0 Å². The SMILES string of the molecule is Cc1ccc(S(=O)(=O)NCCC(=O)N(C)Cc2ccc(C)o2)c(C)c1. The van der Waals surface area contributed by atoms with Gasteiger partial charge in [-0.25, -0.2) is 13.1 Å². The summed E-state index contributed by atoms with van der Waals surface area (Å²) in [5.74, 6) is 1.33. The van der Waals surface area contributed by atoms with Crippen molar-refractivity contribution in [3.8, 4) is 0 Å². The predicted molar refractivity (Wildman–Crippen MR) is 95.6 cm³/mol. The van der Waals surface area contributed by atoms with Crippen molar-refractivity contribution in [2.45, 2.75) is 38.6 Å². The first-order chi connectivity index (χ1) is 11.7. The number of sulfonamides is 1. The monoisotopic (exact) mass is 364 g/mol. The van der Waals surface area contributed by atoms with Crippen LogP contribution < -0.4 is 4.72 Å². The van der Waals surface area contributed by atoms with Gasteiger partial charge in [-0.05, 0) is 44.5 Å². The molecule has 7 heteroatoms. The van der Waals surface area contributed by atoms with Crippen molar-refractivity contribution < 1.29 is 17.6 Å². The van der Waals surface area contributed by atoms with E-state index in [0.29, 0.717) is 17.9 Å². The minimum Gasteiger partial charge on any atom is -0.464 e. The van der Waals surface area contributed by atoms with Gasteiger partial charge in [-0.2, -0.15) is 0 Å². The third kappa shape index (κ3) is 5.17. The first-order valence-electron chi connectivity index (χ1n) is 8.05. The van der Waals surface area contributed by atoms with Crippen LogP contribution in [0.5, 0.6) is 0 Å². The Kier molecular flexibility index (Phi) is 6.02. The number of hydrogen-bond acceptors (Lipinski definition) is 4. The van der Waals surface area contributed by atoms with Crippen LogP contribution in [0.1, 0.15) is 29.1 Å². The Bertz CT molecular complexity index is 856. The Morgan fingerprint density at radius 2 is 1.88 bits per heavy atom. The van der Waals surface area contributed by atoms with Crippen LogP contribution >= 0.6 is 0 Å². The van der Waals surface area contributed by atoms with Gasteiger partial charge in [-0.1, -0.05) is 17.7 Å². The lowest BCUT2D eigenvalue weighted by atomic mass is 10.2. The van der Waals surface area contributed by atoms with Gasteiger partial charge >= 0.3 is 0 Å². The molecule has 0 atom stereocenters. The van der Waals surface area contributed by atoms with E-state index in [1.165, 1.54) is 4.90 Å². The Labute approximate surface area is 148 Å². The van der Waals surface area contributed by atoms with Crippen molar-refractivity contribution in [2.75, 3.05) is 13.6 Å². The molecule has 1 aromatic heterocycles. The molecule has 1 N–H and O–H groups in total. The second-order valence-electron chi connectivity index (χ2n) is 6.18. The van der Waals surface area contributed by atoms with Gasteiger partial charge in [0.15, 0.2) is 0 Å². The zero-order valence-electron chi connectivity index (χ0n) is 15.0. The van der Waals surface area contributed by atoms with E-state index in [4.69, 9.17) is 4.42 Å². The first-order valence-corrected chi connectivity index (χ1v) is 9.53. The Balaban J connectivity index is 1.89. The molecular formula is C18H24N2O4S. The van der Waals surface area contributed by atoms with Gasteiger partial charge in [-0.15, -0.1) is 0 Å². The van der Waals surface area contributed by atoms with Gasteiger partial charge in [0.2, 0.25) is 15.9 Å². The second kappa shape index (κ2) is 7.84. The van der Waals surface area contributed by atoms with Crippen LogP contribution in [0, 0.1) is 20.8 Å². The molecule has 1 aromatic carbocycles. The summed E-state index contributed by atoms with van der Waals surface area (Å²) in [4.78, 5) is 13.9. The summed E-state index contributed by atoms with van der Waals surface area (Å²) in [6.07, 6.45) is 0.0837. The van der Waals surface area contributed by atoms with E-state index in [1.54, 1.807) is 26.1 Å². The van der Waals surface area contributed by atoms with Crippen LogP contribution in [0.15, 0.2) is 39.6 Å². The first kappa shape index (κ1) is 19.2. The molecule has 1 amide bonds. The van der Waals surface area contributed by atoms with Crippen molar-refractivity contribution in [3.05, 3.63) is 53.0 Å². The second-order valence-corrected chi connectivity index (χ2v) is 7.91. The quantitative estimate of drug-likeness (QED) is 0.819. The van der Waals surface area contributed by atoms with E-state index in [1.807, 2.05) is 32.0 Å². The zero-order valence-corrected chi connectivity index (χ0v) is 15.8. The highest BCUT2D eigenvalue weighted by atomic mass is 32.2. The van der Waals surface area contributed by atoms with Gasteiger partial charge in [0.25, 0.3) is 0 Å². The summed E-state index contributed by atoms with van der Waals surface area (Å²) in [6.45, 7) is 5.91. The van der Waals surface area contributed by atoms with Crippen molar-refractivity contribution in [1.82, 2.24) is 9.62 Å². The van der Waals surface area contributed by atoms with E-state index in [9.17, 15) is 13.2 Å². The summed E-state index contributed by atoms with van der Waals surface area (Å²) < 4.78 is 32.6. The van der Waals surface area contributed by atoms with Crippen LogP contribution in [0.25, 0.3) is 0 Å². The van der Waals surface area contributed by atoms with Gasteiger partial charge in [-0.3, -0.25) is 4.79 Å². The van der Waals surface area contributed by atoms with Crippen molar-refractivity contribution in [2.24, 2.45) is 0 Å². The van der Waals surface area contributed by atoms with Crippen LogP contribution in [0.4, 0.5) is 0 Å². The van der Waals surface area contributed by atoms with Crippen LogP contribution in [-0.2, 0) is 21.4 Å². The minimum absolute atomic E-state index is 0.0516. The largest absolute Gasteiger partial charge is 0.464 e. The molecule has 2 rings (SSSR count). The van der Waals surface area contributed by atoms with E-state index in [-0.39, 0.29) is 23.8 Å². The normalized spacial score (nSPS) is 11.5. The Hall–Kier alpha value is -2.12. The van der Waals surface area contributed by atoms with E-state index < -0.39 is 10.0 Å². The molecule has 1 heterocycles. The number of carbonyl (C=O) groups is 1. The molecule has 136 valence electrons. The van der Waals surface area contributed by atoms with Crippen molar-refractivity contribution in [3.63, 3.8) is 0 Å². The van der Waals surface area contributed by atoms with E-state index in [2.05, 4.69) is 4.72 Å². The van der Waals surface area contributed by atoms with Crippen molar-refractivity contribution >= 4 is 15.9 Å². The molecule has 2 aromatic rings. The number of hydrogen-bond donors (Lipinski definition) is 1. The maximum Gasteiger partial charge on any atom is 0.240 e. The molecule has 0 saturated heterocycles. The molecule has 0 radical (unpaired) electrons. The molecule has 0 aliphatic heterocycles. The van der Waals surface area contributed by atoms with Crippen LogP contribution in [0.3, 0.4) is 0 Å². The number of carbonyl (C=O) groups excluding carboxylic acids is 1. The summed E-state index contributed by atoms with van der Waals surface area (Å²) in [5.41, 5.74) is 1.69. The predicted octanol–water partition coefficient (Wildman–Crippen LogP) is 2.53. The zero-order chi connectivity index (χ0) is 18.6. The summed E-state index contributed by atoms with van der Waals surface area (Å²) >= 11 is 0. The fourth-order valence-electron chi connectivity index (χ4n) is 2.55. The molecule has 0 unspecified atom stereocenters. The molecule has 0 aliphatic rings. The third-order valence-electron chi connectivity index (χ3n) is 3.87. The minimum atomic E-state index is -3.62. The van der Waals surface area contributed by atoms with E-state index >= 15 is 0 Å². The number of nitrogens with zero attached hydrogens (tertiary/aromatic N) is 1. The molecule has 0 spiro atoms. The number of benzene rings is 1. The molecule has 25 heavy (non-hydrogen) atoms. The Morgan fingerprint density at radius 1 is 1.16 bits per heavy atom. The maximum absolute atomic E-state index is 12.4. The molecular weight excluding hydrogens is 340 g/mol. The number of nitrogens with one attached hydrogen (secondary N) is 1. The fraction of sp³-hybridized carbons (Fsp3) is 0.389. The summed E-state index contributed by atoms with van der Waals surface area (Å²) in [6, 6.07) is 8.82. The van der Waals surface area contributed by atoms with Crippen molar-refractivity contribution in [1.29, 1.82) is 0 Å². The lowest BCUT2D eigenvalue weighted by Crippen LogP contribution is -2.32. The number of amides is 1. The molecule has 0 aliphatic carbocycles. The lowest BCUT2D eigenvalue weighted by molar-refractivity contribution is -0.130. The summed E-state index contributed by atoms with van der Waals surface area (Å²) in [7, 11) is -1.96. The highest BCUT2D eigenvalue weighted by molar-refractivity contribution is 7.89.